The van der Waals surface area contributed by atoms with E-state index >= 15 is 0 Å². The Morgan fingerprint density at radius 2 is 2.27 bits per heavy atom. The van der Waals surface area contributed by atoms with Gasteiger partial charge in [0.1, 0.15) is 5.84 Å². The van der Waals surface area contributed by atoms with Crippen LogP contribution in [0.5, 0.6) is 5.75 Å². The van der Waals surface area contributed by atoms with E-state index in [1.165, 1.54) is 12.1 Å². The van der Waals surface area contributed by atoms with Gasteiger partial charge in [-0.05, 0) is 24.6 Å². The molecular weight excluding hydrogens is 195 g/mol. The summed E-state index contributed by atoms with van der Waals surface area (Å²) in [6, 6.07) is 4.29. The summed E-state index contributed by atoms with van der Waals surface area (Å²) in [5.74, 6) is -0.402. The SMILES string of the molecule is CCCCOc1ccc(C(=N)N)cc1F. The lowest BCUT2D eigenvalue weighted by molar-refractivity contribution is 0.294. The lowest BCUT2D eigenvalue weighted by atomic mass is 10.2. The van der Waals surface area contributed by atoms with Crippen LogP contribution in [0.2, 0.25) is 0 Å². The van der Waals surface area contributed by atoms with E-state index in [2.05, 4.69) is 0 Å². The van der Waals surface area contributed by atoms with Crippen LogP contribution in [-0.4, -0.2) is 12.4 Å². The van der Waals surface area contributed by atoms with Gasteiger partial charge in [-0.15, -0.1) is 0 Å². The van der Waals surface area contributed by atoms with Crippen LogP contribution in [0, 0.1) is 11.2 Å². The fourth-order valence-electron chi connectivity index (χ4n) is 1.11. The third kappa shape index (κ3) is 3.23. The maximum Gasteiger partial charge on any atom is 0.165 e. The van der Waals surface area contributed by atoms with Gasteiger partial charge in [-0.1, -0.05) is 13.3 Å². The van der Waals surface area contributed by atoms with Gasteiger partial charge in [-0.2, -0.15) is 0 Å². The predicted molar refractivity (Wildman–Crippen MR) is 57.8 cm³/mol. The van der Waals surface area contributed by atoms with Crippen molar-refractivity contribution < 1.29 is 9.13 Å². The lowest BCUT2D eigenvalue weighted by Crippen LogP contribution is -2.11. The fourth-order valence-corrected chi connectivity index (χ4v) is 1.11. The zero-order valence-corrected chi connectivity index (χ0v) is 8.72. The Morgan fingerprint density at radius 3 is 2.80 bits per heavy atom. The van der Waals surface area contributed by atoms with E-state index in [9.17, 15) is 4.39 Å². The maximum absolute atomic E-state index is 13.4. The first-order valence-electron chi connectivity index (χ1n) is 4.92. The van der Waals surface area contributed by atoms with Gasteiger partial charge in [0.25, 0.3) is 0 Å². The third-order valence-electron chi connectivity index (χ3n) is 2.00. The summed E-state index contributed by atoms with van der Waals surface area (Å²) in [6.45, 7) is 2.55. The standard InChI is InChI=1S/C11H15FN2O/c1-2-3-6-15-10-5-4-8(11(13)14)7-9(10)12/h4-5,7H,2-3,6H2,1H3,(H3,13,14). The number of nitrogens with one attached hydrogen (secondary N) is 1. The fraction of sp³-hybridized carbons (Fsp3) is 0.364. The minimum Gasteiger partial charge on any atom is -0.491 e. The molecule has 0 fully saturated rings. The second kappa shape index (κ2) is 5.34. The number of rotatable bonds is 5. The number of hydrogen-bond donors (Lipinski definition) is 2. The number of nitrogen functional groups attached to an aromatic ring is 1. The van der Waals surface area contributed by atoms with Crippen LogP contribution in [-0.2, 0) is 0 Å². The highest BCUT2D eigenvalue weighted by Gasteiger charge is 2.05. The summed E-state index contributed by atoms with van der Waals surface area (Å²) in [5.41, 5.74) is 5.60. The largest absolute Gasteiger partial charge is 0.491 e. The van der Waals surface area contributed by atoms with Crippen molar-refractivity contribution in [1.29, 1.82) is 5.41 Å². The molecule has 3 nitrogen and oxygen atoms in total. The van der Waals surface area contributed by atoms with Crippen LogP contribution in [0.3, 0.4) is 0 Å². The summed E-state index contributed by atoms with van der Waals surface area (Å²) >= 11 is 0. The molecular formula is C11H15FN2O. The average Bonchev–Trinajstić information content (AvgIpc) is 2.20. The molecule has 3 N–H and O–H groups in total. The molecule has 1 rings (SSSR count). The van der Waals surface area contributed by atoms with Crippen molar-refractivity contribution in [2.45, 2.75) is 19.8 Å². The molecule has 0 spiro atoms. The molecule has 0 bridgehead atoms. The molecule has 0 radical (unpaired) electrons. The first kappa shape index (κ1) is 11.5. The molecule has 0 heterocycles. The zero-order chi connectivity index (χ0) is 11.3. The first-order valence-corrected chi connectivity index (χ1v) is 4.92. The van der Waals surface area contributed by atoms with Crippen LogP contribution in [0.4, 0.5) is 4.39 Å². The van der Waals surface area contributed by atoms with Gasteiger partial charge in [0.15, 0.2) is 11.6 Å². The van der Waals surface area contributed by atoms with Crippen LogP contribution >= 0.6 is 0 Å². The van der Waals surface area contributed by atoms with Crippen molar-refractivity contribution in [3.8, 4) is 5.75 Å². The van der Waals surface area contributed by atoms with Crippen LogP contribution < -0.4 is 10.5 Å². The highest BCUT2D eigenvalue weighted by atomic mass is 19.1. The average molecular weight is 210 g/mol. The van der Waals surface area contributed by atoms with Crippen molar-refractivity contribution >= 4 is 5.84 Å². The Hall–Kier alpha value is -1.58. The van der Waals surface area contributed by atoms with Gasteiger partial charge in [-0.3, -0.25) is 5.41 Å². The molecule has 15 heavy (non-hydrogen) atoms. The molecule has 0 saturated heterocycles. The Labute approximate surface area is 88.6 Å². The third-order valence-corrected chi connectivity index (χ3v) is 2.00. The highest BCUT2D eigenvalue weighted by molar-refractivity contribution is 5.95. The minimum atomic E-state index is -0.473. The van der Waals surface area contributed by atoms with Gasteiger partial charge in [0.05, 0.1) is 6.61 Å². The van der Waals surface area contributed by atoms with E-state index in [0.717, 1.165) is 12.8 Å². The molecule has 0 aliphatic rings. The summed E-state index contributed by atoms with van der Waals surface area (Å²) in [6.07, 6.45) is 1.90. The van der Waals surface area contributed by atoms with Gasteiger partial charge < -0.3 is 10.5 Å². The molecule has 0 saturated carbocycles. The molecule has 0 aliphatic carbocycles. The van der Waals surface area contributed by atoms with Gasteiger partial charge in [0.2, 0.25) is 0 Å². The summed E-state index contributed by atoms with van der Waals surface area (Å²) < 4.78 is 18.6. The molecule has 0 aromatic heterocycles. The molecule has 1 aromatic carbocycles. The summed E-state index contributed by atoms with van der Waals surface area (Å²) in [4.78, 5) is 0. The van der Waals surface area contributed by atoms with E-state index in [1.54, 1.807) is 6.07 Å². The lowest BCUT2D eigenvalue weighted by Gasteiger charge is -2.07. The Morgan fingerprint density at radius 1 is 1.53 bits per heavy atom. The molecule has 0 atom stereocenters. The van der Waals surface area contributed by atoms with Crippen LogP contribution in [0.25, 0.3) is 0 Å². The van der Waals surface area contributed by atoms with E-state index in [0.29, 0.717) is 12.2 Å². The Bertz CT molecular complexity index is 352. The smallest absolute Gasteiger partial charge is 0.165 e. The topological polar surface area (TPSA) is 59.1 Å². The highest BCUT2D eigenvalue weighted by Crippen LogP contribution is 2.18. The molecule has 0 aliphatic heterocycles. The summed E-state index contributed by atoms with van der Waals surface area (Å²) in [5, 5.41) is 7.14. The molecule has 0 amide bonds. The maximum atomic E-state index is 13.4. The van der Waals surface area contributed by atoms with E-state index in [-0.39, 0.29) is 11.6 Å². The summed E-state index contributed by atoms with van der Waals surface area (Å²) in [7, 11) is 0. The van der Waals surface area contributed by atoms with E-state index in [4.69, 9.17) is 15.9 Å². The Balaban J connectivity index is 2.70. The first-order chi connectivity index (χ1) is 7.15. The van der Waals surface area contributed by atoms with Crippen LogP contribution in [0.1, 0.15) is 25.3 Å². The Kier molecular flexibility index (Phi) is 4.09. The van der Waals surface area contributed by atoms with Crippen molar-refractivity contribution in [3.05, 3.63) is 29.6 Å². The number of halogens is 1. The predicted octanol–water partition coefficient (Wildman–Crippen LogP) is 2.29. The number of unbranched alkanes of at least 4 members (excludes halogenated alkanes) is 1. The van der Waals surface area contributed by atoms with Gasteiger partial charge in [-0.25, -0.2) is 4.39 Å². The molecule has 4 heteroatoms. The molecule has 1 aromatic rings. The van der Waals surface area contributed by atoms with Crippen molar-refractivity contribution in [3.63, 3.8) is 0 Å². The normalized spacial score (nSPS) is 10.0. The van der Waals surface area contributed by atoms with Gasteiger partial charge >= 0.3 is 0 Å². The van der Waals surface area contributed by atoms with E-state index in [1.807, 2.05) is 6.92 Å². The van der Waals surface area contributed by atoms with Crippen molar-refractivity contribution in [2.24, 2.45) is 5.73 Å². The van der Waals surface area contributed by atoms with Crippen molar-refractivity contribution in [2.75, 3.05) is 6.61 Å². The number of ether oxygens (including phenoxy) is 1. The number of amidine groups is 1. The van der Waals surface area contributed by atoms with Crippen LogP contribution in [0.15, 0.2) is 18.2 Å². The van der Waals surface area contributed by atoms with E-state index < -0.39 is 5.82 Å². The zero-order valence-electron chi connectivity index (χ0n) is 8.72. The second-order valence-corrected chi connectivity index (χ2v) is 3.26. The number of benzene rings is 1. The minimum absolute atomic E-state index is 0.144. The molecule has 0 unspecified atom stereocenters. The van der Waals surface area contributed by atoms with Crippen molar-refractivity contribution in [1.82, 2.24) is 0 Å². The number of hydrogen-bond acceptors (Lipinski definition) is 2. The quantitative estimate of drug-likeness (QED) is 0.445. The monoisotopic (exact) mass is 210 g/mol. The molecule has 82 valence electrons. The second-order valence-electron chi connectivity index (χ2n) is 3.26. The number of nitrogens with two attached hydrogens (primary N) is 1. The van der Waals surface area contributed by atoms with Gasteiger partial charge in [0, 0.05) is 5.56 Å².